The summed E-state index contributed by atoms with van der Waals surface area (Å²) >= 11 is 0. The van der Waals surface area contributed by atoms with Crippen molar-refractivity contribution in [1.82, 2.24) is 4.90 Å². The van der Waals surface area contributed by atoms with Crippen molar-refractivity contribution >= 4 is 0 Å². The SMILES string of the molecule is CCCO.CN(CCO)CCO. The van der Waals surface area contributed by atoms with E-state index in [1.165, 1.54) is 0 Å². The minimum Gasteiger partial charge on any atom is -0.396 e. The third-order valence-corrected chi connectivity index (χ3v) is 1.19. The van der Waals surface area contributed by atoms with Crippen LogP contribution in [0.5, 0.6) is 0 Å². The lowest BCUT2D eigenvalue weighted by Gasteiger charge is -2.11. The molecule has 0 aliphatic heterocycles. The van der Waals surface area contributed by atoms with Crippen LogP contribution in [-0.2, 0) is 0 Å². The Labute approximate surface area is 74.4 Å². The van der Waals surface area contributed by atoms with Crippen LogP contribution < -0.4 is 0 Å². The molecule has 0 atom stereocenters. The van der Waals surface area contributed by atoms with Crippen LogP contribution in [0.4, 0.5) is 0 Å². The Balaban J connectivity index is 0. The quantitative estimate of drug-likeness (QED) is 0.522. The van der Waals surface area contributed by atoms with Crippen LogP contribution in [0, 0.1) is 0 Å². The van der Waals surface area contributed by atoms with E-state index in [4.69, 9.17) is 15.3 Å². The van der Waals surface area contributed by atoms with Crippen molar-refractivity contribution in [2.45, 2.75) is 13.3 Å². The van der Waals surface area contributed by atoms with Gasteiger partial charge in [0.1, 0.15) is 0 Å². The molecule has 0 aromatic rings. The zero-order chi connectivity index (χ0) is 9.82. The lowest BCUT2D eigenvalue weighted by Crippen LogP contribution is -2.25. The van der Waals surface area contributed by atoms with Gasteiger partial charge in [0.15, 0.2) is 0 Å². The zero-order valence-electron chi connectivity index (χ0n) is 8.03. The van der Waals surface area contributed by atoms with Crippen LogP contribution >= 0.6 is 0 Å². The second-order valence-electron chi connectivity index (χ2n) is 2.47. The molecule has 0 unspecified atom stereocenters. The number of nitrogens with zero attached hydrogens (tertiary/aromatic N) is 1. The summed E-state index contributed by atoms with van der Waals surface area (Å²) in [5, 5.41) is 24.6. The molecule has 0 rings (SSSR count). The molecule has 4 nitrogen and oxygen atoms in total. The van der Waals surface area contributed by atoms with Gasteiger partial charge in [-0.1, -0.05) is 6.92 Å². The maximum absolute atomic E-state index is 8.34. The van der Waals surface area contributed by atoms with Crippen molar-refractivity contribution in [3.8, 4) is 0 Å². The van der Waals surface area contributed by atoms with Gasteiger partial charge in [-0.15, -0.1) is 0 Å². The van der Waals surface area contributed by atoms with Crippen molar-refractivity contribution < 1.29 is 15.3 Å². The van der Waals surface area contributed by atoms with Gasteiger partial charge in [-0.25, -0.2) is 0 Å². The third kappa shape index (κ3) is 16.4. The topological polar surface area (TPSA) is 63.9 Å². The van der Waals surface area contributed by atoms with Gasteiger partial charge in [-0.2, -0.15) is 0 Å². The molecule has 12 heavy (non-hydrogen) atoms. The Morgan fingerprint density at radius 1 is 0.917 bits per heavy atom. The summed E-state index contributed by atoms with van der Waals surface area (Å²) in [4.78, 5) is 1.86. The Hall–Kier alpha value is -0.160. The summed E-state index contributed by atoms with van der Waals surface area (Å²) in [6.07, 6.45) is 0.875. The fraction of sp³-hybridized carbons (Fsp3) is 1.00. The largest absolute Gasteiger partial charge is 0.396 e. The van der Waals surface area contributed by atoms with Crippen LogP contribution in [0.25, 0.3) is 0 Å². The number of aliphatic hydroxyl groups excluding tert-OH is 3. The molecule has 0 saturated heterocycles. The summed E-state index contributed by atoms with van der Waals surface area (Å²) in [6, 6.07) is 0. The van der Waals surface area contributed by atoms with Crippen LogP contribution in [0.2, 0.25) is 0 Å². The van der Waals surface area contributed by atoms with Crippen LogP contribution in [0.15, 0.2) is 0 Å². The van der Waals surface area contributed by atoms with E-state index in [1.807, 2.05) is 18.9 Å². The molecule has 0 spiro atoms. The van der Waals surface area contributed by atoms with Crippen molar-refractivity contribution in [3.05, 3.63) is 0 Å². The lowest BCUT2D eigenvalue weighted by molar-refractivity contribution is 0.184. The van der Waals surface area contributed by atoms with Crippen molar-refractivity contribution in [1.29, 1.82) is 0 Å². The highest BCUT2D eigenvalue weighted by Crippen LogP contribution is 1.76. The normalized spacial score (nSPS) is 9.50. The molecular weight excluding hydrogens is 158 g/mol. The molecule has 0 aromatic carbocycles. The van der Waals surface area contributed by atoms with E-state index in [0.717, 1.165) is 6.42 Å². The fourth-order valence-corrected chi connectivity index (χ4v) is 0.453. The second kappa shape index (κ2) is 13.4. The van der Waals surface area contributed by atoms with Gasteiger partial charge in [0.2, 0.25) is 0 Å². The maximum Gasteiger partial charge on any atom is 0.0558 e. The summed E-state index contributed by atoms with van der Waals surface area (Å²) < 4.78 is 0. The molecule has 0 saturated carbocycles. The molecule has 76 valence electrons. The van der Waals surface area contributed by atoms with Gasteiger partial charge in [-0.3, -0.25) is 0 Å². The molecular formula is C8H21NO3. The minimum atomic E-state index is 0.163. The van der Waals surface area contributed by atoms with E-state index in [2.05, 4.69) is 0 Å². The molecule has 0 aliphatic carbocycles. The average Bonchev–Trinajstić information content (AvgIpc) is 2.06. The first kappa shape index (κ1) is 14.4. The van der Waals surface area contributed by atoms with Gasteiger partial charge < -0.3 is 20.2 Å². The molecule has 0 aromatic heterocycles. The Kier molecular flexibility index (Phi) is 16.1. The molecule has 3 N–H and O–H groups in total. The predicted octanol–water partition coefficient (Wildman–Crippen LogP) is -0.708. The number of hydrogen-bond donors (Lipinski definition) is 3. The van der Waals surface area contributed by atoms with Crippen molar-refractivity contribution in [2.75, 3.05) is 40.0 Å². The zero-order valence-corrected chi connectivity index (χ0v) is 8.03. The average molecular weight is 179 g/mol. The minimum absolute atomic E-state index is 0.163. The Bertz CT molecular complexity index is 63.3. The fourth-order valence-electron chi connectivity index (χ4n) is 0.453. The summed E-state index contributed by atoms with van der Waals surface area (Å²) in [5.74, 6) is 0. The molecule has 0 bridgehead atoms. The lowest BCUT2D eigenvalue weighted by atomic mass is 10.5. The number of likely N-dealkylation sites (N-methyl/N-ethyl adjacent to an activating group) is 1. The molecule has 0 heterocycles. The van der Waals surface area contributed by atoms with Crippen molar-refractivity contribution in [3.63, 3.8) is 0 Å². The second-order valence-corrected chi connectivity index (χ2v) is 2.47. The highest BCUT2D eigenvalue weighted by atomic mass is 16.3. The summed E-state index contributed by atoms with van der Waals surface area (Å²) in [6.45, 7) is 3.86. The van der Waals surface area contributed by atoms with E-state index in [1.54, 1.807) is 0 Å². The predicted molar refractivity (Wildman–Crippen MR) is 49.0 cm³/mol. The van der Waals surface area contributed by atoms with Gasteiger partial charge >= 0.3 is 0 Å². The monoisotopic (exact) mass is 179 g/mol. The summed E-state index contributed by atoms with van der Waals surface area (Å²) in [5.41, 5.74) is 0. The van der Waals surface area contributed by atoms with Gasteiger partial charge in [-0.05, 0) is 13.5 Å². The van der Waals surface area contributed by atoms with Crippen LogP contribution in [0.1, 0.15) is 13.3 Å². The Morgan fingerprint density at radius 2 is 1.25 bits per heavy atom. The summed E-state index contributed by atoms with van der Waals surface area (Å²) in [7, 11) is 1.85. The Morgan fingerprint density at radius 3 is 1.42 bits per heavy atom. The number of hydrogen-bond acceptors (Lipinski definition) is 4. The van der Waals surface area contributed by atoms with E-state index < -0.39 is 0 Å². The van der Waals surface area contributed by atoms with Gasteiger partial charge in [0.25, 0.3) is 0 Å². The molecule has 0 fully saturated rings. The molecule has 0 radical (unpaired) electrons. The molecule has 0 aliphatic rings. The van der Waals surface area contributed by atoms with E-state index >= 15 is 0 Å². The first-order valence-electron chi connectivity index (χ1n) is 4.24. The third-order valence-electron chi connectivity index (χ3n) is 1.19. The highest BCUT2D eigenvalue weighted by molar-refractivity contribution is 4.45. The van der Waals surface area contributed by atoms with Gasteiger partial charge in [0.05, 0.1) is 13.2 Å². The highest BCUT2D eigenvalue weighted by Gasteiger charge is 1.91. The number of rotatable bonds is 5. The van der Waals surface area contributed by atoms with E-state index in [0.29, 0.717) is 19.7 Å². The van der Waals surface area contributed by atoms with E-state index in [-0.39, 0.29) is 13.2 Å². The first-order chi connectivity index (χ1) is 5.72. The number of aliphatic hydroxyl groups is 3. The van der Waals surface area contributed by atoms with Crippen LogP contribution in [0.3, 0.4) is 0 Å². The van der Waals surface area contributed by atoms with Crippen LogP contribution in [-0.4, -0.2) is 60.2 Å². The standard InChI is InChI=1S/C5H13NO2.C3H8O/c1-6(2-4-7)3-5-8;1-2-3-4/h7-8H,2-5H2,1H3;4H,2-3H2,1H3. The van der Waals surface area contributed by atoms with Gasteiger partial charge in [0, 0.05) is 19.7 Å². The molecule has 4 heteroatoms. The van der Waals surface area contributed by atoms with Crippen molar-refractivity contribution in [2.24, 2.45) is 0 Å². The van der Waals surface area contributed by atoms with E-state index in [9.17, 15) is 0 Å². The molecule has 0 amide bonds. The smallest absolute Gasteiger partial charge is 0.0558 e. The maximum atomic E-state index is 8.34. The first-order valence-corrected chi connectivity index (χ1v) is 4.24.